The molecule has 0 radical (unpaired) electrons. The Bertz CT molecular complexity index is 1230. The molecule has 1 fully saturated rings. The van der Waals surface area contributed by atoms with Gasteiger partial charge in [-0.2, -0.15) is 21.1 Å². The smallest absolute Gasteiger partial charge is 0.368 e. The Morgan fingerprint density at radius 2 is 1.67 bits per heavy atom. The molecule has 0 bridgehead atoms. The number of sulfonamides is 1. The molecule has 0 atom stereocenters. The maximum atomic E-state index is 13.5. The molecule has 206 valence electrons. The third-order valence-corrected chi connectivity index (χ3v) is 8.43. The van der Waals surface area contributed by atoms with E-state index in [2.05, 4.69) is 12.5 Å². The summed E-state index contributed by atoms with van der Waals surface area (Å²) < 4.78 is 94.8. The zero-order valence-electron chi connectivity index (χ0n) is 19.5. The van der Waals surface area contributed by atoms with Gasteiger partial charge in [-0.05, 0) is 19.5 Å². The highest BCUT2D eigenvalue weighted by atomic mass is 32.3. The lowest BCUT2D eigenvalue weighted by atomic mass is 10.2. The van der Waals surface area contributed by atoms with Crippen LogP contribution >= 0.6 is 0 Å². The molecule has 1 aliphatic rings. The molecule has 1 heterocycles. The first-order valence-corrected chi connectivity index (χ1v) is 14.6. The second-order valence-corrected chi connectivity index (χ2v) is 12.0. The van der Waals surface area contributed by atoms with Crippen molar-refractivity contribution in [3.8, 4) is 0 Å². The molecule has 1 aliphatic heterocycles. The maximum absolute atomic E-state index is 13.5. The number of hydrogen-bond acceptors (Lipinski definition) is 13. The third-order valence-electron chi connectivity index (χ3n) is 5.17. The van der Waals surface area contributed by atoms with E-state index in [4.69, 9.17) is 4.55 Å². The molecule has 0 amide bonds. The fraction of sp³-hybridized carbons (Fsp3) is 0.647. The minimum Gasteiger partial charge on any atom is -0.368 e. The van der Waals surface area contributed by atoms with Crippen LogP contribution in [0.3, 0.4) is 0 Å². The van der Waals surface area contributed by atoms with Crippen molar-refractivity contribution in [1.82, 2.24) is 9.21 Å². The topological polar surface area (TPSA) is 203 Å². The van der Waals surface area contributed by atoms with Crippen molar-refractivity contribution < 1.29 is 47.3 Å². The summed E-state index contributed by atoms with van der Waals surface area (Å²) in [5.74, 6) is 0. The molecule has 1 aromatic rings. The Balaban J connectivity index is 2.44. The summed E-state index contributed by atoms with van der Waals surface area (Å²) in [5, 5.41) is 11.4. The van der Waals surface area contributed by atoms with Crippen LogP contribution in [0.4, 0.5) is 11.4 Å². The van der Waals surface area contributed by atoms with Crippen molar-refractivity contribution in [2.75, 3.05) is 71.5 Å². The predicted octanol–water partition coefficient (Wildman–Crippen LogP) is -0.545. The van der Waals surface area contributed by atoms with E-state index in [0.717, 1.165) is 19.2 Å². The van der Waals surface area contributed by atoms with E-state index >= 15 is 0 Å². The van der Waals surface area contributed by atoms with Crippen molar-refractivity contribution in [2.24, 2.45) is 0 Å². The molecule has 1 N–H and O–H groups in total. The van der Waals surface area contributed by atoms with E-state index in [9.17, 15) is 35.4 Å². The Morgan fingerprint density at radius 3 is 2.22 bits per heavy atom. The summed E-state index contributed by atoms with van der Waals surface area (Å²) in [5.41, 5.74) is -0.468. The number of anilines is 1. The average molecular weight is 577 g/mol. The van der Waals surface area contributed by atoms with Crippen molar-refractivity contribution in [2.45, 2.75) is 11.3 Å². The quantitative estimate of drug-likeness (QED) is 0.128. The zero-order valence-corrected chi connectivity index (χ0v) is 22.0. The highest BCUT2D eigenvalue weighted by molar-refractivity contribution is 7.89. The normalized spacial score (nSPS) is 16.2. The molecule has 0 spiro atoms. The van der Waals surface area contributed by atoms with Gasteiger partial charge < -0.3 is 9.80 Å². The van der Waals surface area contributed by atoms with Crippen LogP contribution in [0.2, 0.25) is 0 Å². The number of hydrogen-bond donors (Lipinski definition) is 1. The lowest BCUT2D eigenvalue weighted by Gasteiger charge is -2.33. The van der Waals surface area contributed by atoms with E-state index in [0.29, 0.717) is 13.1 Å². The summed E-state index contributed by atoms with van der Waals surface area (Å²) in [6, 6.07) is 3.21. The molecule has 0 unspecified atom stereocenters. The van der Waals surface area contributed by atoms with Crippen LogP contribution in [-0.4, -0.2) is 111 Å². The summed E-state index contributed by atoms with van der Waals surface area (Å²) in [4.78, 5) is 13.5. The Hall–Kier alpha value is -1.97. The summed E-state index contributed by atoms with van der Waals surface area (Å²) >= 11 is 0. The van der Waals surface area contributed by atoms with Gasteiger partial charge in [0, 0.05) is 51.4 Å². The van der Waals surface area contributed by atoms with Crippen molar-refractivity contribution in [1.29, 1.82) is 0 Å². The van der Waals surface area contributed by atoms with Crippen LogP contribution in [0.25, 0.3) is 0 Å². The number of non-ortho nitro benzene ring substituents is 1. The highest BCUT2D eigenvalue weighted by Gasteiger charge is 2.32. The van der Waals surface area contributed by atoms with Gasteiger partial charge in [0.1, 0.15) is 4.90 Å². The van der Waals surface area contributed by atoms with Gasteiger partial charge >= 0.3 is 20.8 Å². The van der Waals surface area contributed by atoms with E-state index < -0.39 is 54.6 Å². The first-order valence-electron chi connectivity index (χ1n) is 10.4. The molecule has 16 nitrogen and oxygen atoms in total. The van der Waals surface area contributed by atoms with Crippen LogP contribution in [0.1, 0.15) is 6.42 Å². The van der Waals surface area contributed by atoms with Crippen LogP contribution in [0, 0.1) is 10.1 Å². The summed E-state index contributed by atoms with van der Waals surface area (Å²) in [6.07, 6.45) is -0.0538. The number of nitro benzene ring substituents is 1. The molecular formula is C17H28N4O12S3. The second-order valence-electron chi connectivity index (χ2n) is 7.60. The standard InChI is InChI=1S/C17H28N4O12S3/c1-18-7-9-20(10-8-18)34(24,25)17-14-15(21(22)23)4-5-16(17)19(6-3-12-32-35(26,27)28)11-13-33-36(29,30)31-2/h4-5,14H,3,6-13H2,1-2H3,(H,26,27,28). The number of likely N-dealkylation sites (N-methyl/N-ethyl adjacent to an activating group) is 1. The molecule has 36 heavy (non-hydrogen) atoms. The minimum absolute atomic E-state index is 0.00444. The fourth-order valence-corrected chi connectivity index (χ4v) is 5.68. The summed E-state index contributed by atoms with van der Waals surface area (Å²) in [6.45, 7) is -0.0740. The van der Waals surface area contributed by atoms with Crippen LogP contribution in [0.15, 0.2) is 23.1 Å². The number of piperazine rings is 1. The lowest BCUT2D eigenvalue weighted by Crippen LogP contribution is -2.47. The Kier molecular flexibility index (Phi) is 10.5. The number of benzene rings is 1. The molecule has 1 aromatic carbocycles. The molecule has 0 aromatic heterocycles. The molecule has 1 saturated heterocycles. The monoisotopic (exact) mass is 576 g/mol. The van der Waals surface area contributed by atoms with Gasteiger partial charge in [-0.1, -0.05) is 0 Å². The Morgan fingerprint density at radius 1 is 1.03 bits per heavy atom. The van der Waals surface area contributed by atoms with Crippen LogP contribution in [0.5, 0.6) is 0 Å². The maximum Gasteiger partial charge on any atom is 0.399 e. The zero-order chi connectivity index (χ0) is 27.1. The molecular weight excluding hydrogens is 548 g/mol. The molecule has 2 rings (SSSR count). The van der Waals surface area contributed by atoms with Gasteiger partial charge in [0.05, 0.1) is 30.9 Å². The average Bonchev–Trinajstić information content (AvgIpc) is 2.79. The first kappa shape index (κ1) is 30.3. The van der Waals surface area contributed by atoms with E-state index in [1.54, 1.807) is 0 Å². The van der Waals surface area contributed by atoms with E-state index in [1.807, 2.05) is 11.9 Å². The van der Waals surface area contributed by atoms with Gasteiger partial charge in [-0.15, -0.1) is 0 Å². The van der Waals surface area contributed by atoms with E-state index in [1.165, 1.54) is 15.3 Å². The van der Waals surface area contributed by atoms with E-state index in [-0.39, 0.29) is 43.2 Å². The molecule has 19 heteroatoms. The first-order chi connectivity index (χ1) is 16.7. The number of rotatable bonds is 14. The predicted molar refractivity (Wildman–Crippen MR) is 126 cm³/mol. The summed E-state index contributed by atoms with van der Waals surface area (Å²) in [7, 11) is -10.5. The van der Waals surface area contributed by atoms with Gasteiger partial charge in [0.15, 0.2) is 0 Å². The lowest BCUT2D eigenvalue weighted by molar-refractivity contribution is -0.385. The SMILES string of the molecule is COS(=O)(=O)OCCN(CCCOS(=O)(=O)O)c1ccc([N+](=O)[O-])cc1S(=O)(=O)N1CCN(C)CC1. The highest BCUT2D eigenvalue weighted by Crippen LogP contribution is 2.32. The fourth-order valence-electron chi connectivity index (χ4n) is 3.32. The third kappa shape index (κ3) is 8.85. The molecule has 0 saturated carbocycles. The van der Waals surface area contributed by atoms with Gasteiger partial charge in [0.25, 0.3) is 5.69 Å². The number of nitro groups is 1. The van der Waals surface area contributed by atoms with Crippen molar-refractivity contribution in [3.63, 3.8) is 0 Å². The van der Waals surface area contributed by atoms with Crippen LogP contribution < -0.4 is 4.90 Å². The Labute approximate surface area is 209 Å². The number of nitrogens with zero attached hydrogens (tertiary/aromatic N) is 4. The van der Waals surface area contributed by atoms with Gasteiger partial charge in [0.2, 0.25) is 10.0 Å². The van der Waals surface area contributed by atoms with Gasteiger partial charge in [-0.3, -0.25) is 18.9 Å². The second kappa shape index (κ2) is 12.5. The van der Waals surface area contributed by atoms with Crippen molar-refractivity contribution >= 4 is 42.2 Å². The van der Waals surface area contributed by atoms with Crippen molar-refractivity contribution in [3.05, 3.63) is 28.3 Å². The van der Waals surface area contributed by atoms with Gasteiger partial charge in [-0.25, -0.2) is 16.8 Å². The minimum atomic E-state index is -4.71. The van der Waals surface area contributed by atoms with Crippen LogP contribution in [-0.2, 0) is 43.4 Å². The molecule has 0 aliphatic carbocycles. The largest absolute Gasteiger partial charge is 0.399 e.